The van der Waals surface area contributed by atoms with Crippen LogP contribution in [0.25, 0.3) is 0 Å². The summed E-state index contributed by atoms with van der Waals surface area (Å²) in [6, 6.07) is 9.65. The highest BCUT2D eigenvalue weighted by Gasteiger charge is 2.16. The van der Waals surface area contributed by atoms with E-state index in [0.29, 0.717) is 11.3 Å². The van der Waals surface area contributed by atoms with Gasteiger partial charge in [0.15, 0.2) is 5.75 Å². The number of methoxy groups -OCH3 is 1. The van der Waals surface area contributed by atoms with Gasteiger partial charge in [-0.25, -0.2) is 5.43 Å². The molecule has 0 unspecified atom stereocenters. The topological polar surface area (TPSA) is 123 Å². The SMILES string of the molecule is COc1ccc(/C=N\NC(=O)C(=O)Nc2cc(C)ccc2C)cc1[N+](=O)[O-]. The van der Waals surface area contributed by atoms with Crippen LogP contribution in [0.3, 0.4) is 0 Å². The first-order valence-electron chi connectivity index (χ1n) is 7.86. The Kier molecular flexibility index (Phi) is 6.21. The Labute approximate surface area is 155 Å². The number of hydrogen-bond acceptors (Lipinski definition) is 6. The Hall–Kier alpha value is -3.75. The van der Waals surface area contributed by atoms with Crippen LogP contribution in [0.5, 0.6) is 5.75 Å². The molecule has 0 spiro atoms. The van der Waals surface area contributed by atoms with Crippen molar-refractivity contribution >= 4 is 29.4 Å². The Morgan fingerprint density at radius 1 is 1.15 bits per heavy atom. The van der Waals surface area contributed by atoms with E-state index in [1.807, 2.05) is 26.0 Å². The van der Waals surface area contributed by atoms with Crippen molar-refractivity contribution in [2.45, 2.75) is 13.8 Å². The van der Waals surface area contributed by atoms with E-state index in [4.69, 9.17) is 4.74 Å². The molecule has 9 heteroatoms. The van der Waals surface area contributed by atoms with Crippen LogP contribution in [0.1, 0.15) is 16.7 Å². The second kappa shape index (κ2) is 8.56. The standard InChI is InChI=1S/C18H18N4O5/c1-11-4-5-12(2)14(8-11)20-17(23)18(24)21-19-10-13-6-7-16(27-3)15(9-13)22(25)26/h4-10H,1-3H3,(H,20,23)(H,21,24)/b19-10-. The highest BCUT2D eigenvalue weighted by molar-refractivity contribution is 6.39. The first-order valence-corrected chi connectivity index (χ1v) is 7.86. The van der Waals surface area contributed by atoms with Crippen LogP contribution in [-0.4, -0.2) is 30.1 Å². The van der Waals surface area contributed by atoms with E-state index in [9.17, 15) is 19.7 Å². The fourth-order valence-corrected chi connectivity index (χ4v) is 2.20. The number of rotatable bonds is 5. The minimum Gasteiger partial charge on any atom is -0.490 e. The number of hydrazone groups is 1. The lowest BCUT2D eigenvalue weighted by molar-refractivity contribution is -0.385. The van der Waals surface area contributed by atoms with E-state index in [1.54, 1.807) is 6.07 Å². The van der Waals surface area contributed by atoms with Gasteiger partial charge in [0, 0.05) is 17.3 Å². The molecule has 0 atom stereocenters. The maximum absolute atomic E-state index is 11.9. The van der Waals surface area contributed by atoms with Crippen LogP contribution < -0.4 is 15.5 Å². The van der Waals surface area contributed by atoms with Crippen LogP contribution in [0.4, 0.5) is 11.4 Å². The summed E-state index contributed by atoms with van der Waals surface area (Å²) in [6.45, 7) is 3.68. The lowest BCUT2D eigenvalue weighted by Crippen LogP contribution is -2.32. The van der Waals surface area contributed by atoms with Gasteiger partial charge in [-0.05, 0) is 43.2 Å². The maximum Gasteiger partial charge on any atom is 0.329 e. The van der Waals surface area contributed by atoms with Crippen molar-refractivity contribution < 1.29 is 19.2 Å². The molecule has 0 aliphatic rings. The molecule has 2 aromatic rings. The van der Waals surface area contributed by atoms with Crippen LogP contribution in [-0.2, 0) is 9.59 Å². The van der Waals surface area contributed by atoms with Crippen molar-refractivity contribution in [2.75, 3.05) is 12.4 Å². The van der Waals surface area contributed by atoms with E-state index in [0.717, 1.165) is 11.1 Å². The zero-order chi connectivity index (χ0) is 20.0. The van der Waals surface area contributed by atoms with Crippen LogP contribution in [0.2, 0.25) is 0 Å². The smallest absolute Gasteiger partial charge is 0.329 e. The molecule has 0 radical (unpaired) electrons. The number of amides is 2. The first kappa shape index (κ1) is 19.6. The number of nitro groups is 1. The molecule has 0 heterocycles. The van der Waals surface area contributed by atoms with Crippen LogP contribution in [0.15, 0.2) is 41.5 Å². The number of nitrogens with one attached hydrogen (secondary N) is 2. The number of hydrogen-bond donors (Lipinski definition) is 2. The summed E-state index contributed by atoms with van der Waals surface area (Å²) < 4.78 is 4.90. The zero-order valence-corrected chi connectivity index (χ0v) is 15.0. The molecule has 27 heavy (non-hydrogen) atoms. The molecule has 0 fully saturated rings. The number of ether oxygens (including phenoxy) is 1. The number of nitrogens with zero attached hydrogens (tertiary/aromatic N) is 2. The average Bonchev–Trinajstić information content (AvgIpc) is 2.64. The van der Waals surface area contributed by atoms with Crippen LogP contribution in [0, 0.1) is 24.0 Å². The summed E-state index contributed by atoms with van der Waals surface area (Å²) in [5, 5.41) is 17.1. The first-order chi connectivity index (χ1) is 12.8. The Morgan fingerprint density at radius 3 is 2.56 bits per heavy atom. The number of aryl methyl sites for hydroxylation is 2. The Balaban J connectivity index is 2.02. The predicted molar refractivity (Wildman–Crippen MR) is 99.9 cm³/mol. The average molecular weight is 370 g/mol. The van der Waals surface area contributed by atoms with Crippen molar-refractivity contribution in [1.29, 1.82) is 0 Å². The minimum atomic E-state index is -0.963. The van der Waals surface area contributed by atoms with Gasteiger partial charge in [-0.15, -0.1) is 0 Å². The van der Waals surface area contributed by atoms with Gasteiger partial charge in [-0.3, -0.25) is 19.7 Å². The molecule has 0 aliphatic heterocycles. The Bertz CT molecular complexity index is 924. The summed E-state index contributed by atoms with van der Waals surface area (Å²) >= 11 is 0. The molecular formula is C18H18N4O5. The van der Waals surface area contributed by atoms with Crippen LogP contribution >= 0.6 is 0 Å². The third-order valence-electron chi connectivity index (χ3n) is 3.63. The van der Waals surface area contributed by atoms with Gasteiger partial charge in [0.05, 0.1) is 18.2 Å². The second-order valence-electron chi connectivity index (χ2n) is 5.66. The van der Waals surface area contributed by atoms with Gasteiger partial charge in [0.1, 0.15) is 0 Å². The molecule has 2 rings (SSSR count). The number of nitro benzene ring substituents is 1. The highest BCUT2D eigenvalue weighted by Crippen LogP contribution is 2.26. The molecule has 0 aromatic heterocycles. The molecule has 0 aliphatic carbocycles. The normalized spacial score (nSPS) is 10.5. The third-order valence-corrected chi connectivity index (χ3v) is 3.63. The molecule has 2 amide bonds. The van der Waals surface area contributed by atoms with Crippen molar-refractivity contribution in [1.82, 2.24) is 5.43 Å². The van der Waals surface area contributed by atoms with E-state index in [-0.39, 0.29) is 11.4 Å². The molecule has 0 bridgehead atoms. The van der Waals surface area contributed by atoms with Gasteiger partial charge in [0.2, 0.25) is 0 Å². The van der Waals surface area contributed by atoms with Crippen molar-refractivity contribution in [3.05, 3.63) is 63.2 Å². The number of carbonyl (C=O) groups is 2. The number of anilines is 1. The largest absolute Gasteiger partial charge is 0.490 e. The number of carbonyl (C=O) groups excluding carboxylic acids is 2. The lowest BCUT2D eigenvalue weighted by atomic mass is 10.1. The molecular weight excluding hydrogens is 352 g/mol. The summed E-state index contributed by atoms with van der Waals surface area (Å²) in [6.07, 6.45) is 1.19. The van der Waals surface area contributed by atoms with Crippen molar-refractivity contribution in [3.63, 3.8) is 0 Å². The number of benzene rings is 2. The van der Waals surface area contributed by atoms with Gasteiger partial charge in [0.25, 0.3) is 0 Å². The van der Waals surface area contributed by atoms with Crippen molar-refractivity contribution in [3.8, 4) is 5.75 Å². The molecule has 9 nitrogen and oxygen atoms in total. The minimum absolute atomic E-state index is 0.106. The van der Waals surface area contributed by atoms with Gasteiger partial charge in [-0.2, -0.15) is 5.10 Å². The fourth-order valence-electron chi connectivity index (χ4n) is 2.20. The molecule has 2 aromatic carbocycles. The second-order valence-corrected chi connectivity index (χ2v) is 5.66. The predicted octanol–water partition coefficient (Wildman–Crippen LogP) is 2.31. The quantitative estimate of drug-likeness (QED) is 0.362. The summed E-state index contributed by atoms with van der Waals surface area (Å²) in [4.78, 5) is 34.2. The molecule has 0 saturated heterocycles. The summed E-state index contributed by atoms with van der Waals surface area (Å²) in [5.74, 6) is -1.73. The summed E-state index contributed by atoms with van der Waals surface area (Å²) in [7, 11) is 1.32. The molecule has 140 valence electrons. The molecule has 2 N–H and O–H groups in total. The Morgan fingerprint density at radius 2 is 1.89 bits per heavy atom. The highest BCUT2D eigenvalue weighted by atomic mass is 16.6. The van der Waals surface area contributed by atoms with Gasteiger partial charge in [-0.1, -0.05) is 12.1 Å². The van der Waals surface area contributed by atoms with Crippen molar-refractivity contribution in [2.24, 2.45) is 5.10 Å². The lowest BCUT2D eigenvalue weighted by Gasteiger charge is -2.08. The summed E-state index contributed by atoms with van der Waals surface area (Å²) in [5.41, 5.74) is 4.49. The molecule has 0 saturated carbocycles. The zero-order valence-electron chi connectivity index (χ0n) is 15.0. The fraction of sp³-hybridized carbons (Fsp3) is 0.167. The van der Waals surface area contributed by atoms with Gasteiger partial charge < -0.3 is 10.1 Å². The van der Waals surface area contributed by atoms with E-state index < -0.39 is 16.7 Å². The van der Waals surface area contributed by atoms with E-state index >= 15 is 0 Å². The van der Waals surface area contributed by atoms with E-state index in [1.165, 1.54) is 31.5 Å². The monoisotopic (exact) mass is 370 g/mol. The third kappa shape index (κ3) is 5.11. The maximum atomic E-state index is 11.9. The van der Waals surface area contributed by atoms with E-state index in [2.05, 4.69) is 15.8 Å². The van der Waals surface area contributed by atoms with Gasteiger partial charge >= 0.3 is 17.5 Å².